The molecule has 3 fully saturated rings. The van der Waals surface area contributed by atoms with Gasteiger partial charge >= 0.3 is 0 Å². The van der Waals surface area contributed by atoms with Crippen LogP contribution >= 0.6 is 11.8 Å². The number of rotatable bonds is 10. The minimum atomic E-state index is -1.14. The number of nitrogens with zero attached hydrogens (tertiary/aromatic N) is 2. The first-order valence-corrected chi connectivity index (χ1v) is 13.3. The number of thioether (sulfide) groups is 1. The largest absolute Gasteiger partial charge is 0.360 e. The number of carbonyl (C=O) groups excluding carboxylic acids is 3. The van der Waals surface area contributed by atoms with Crippen LogP contribution in [0.4, 0.5) is 0 Å². The first-order chi connectivity index (χ1) is 17.4. The predicted molar refractivity (Wildman–Crippen MR) is 136 cm³/mol. The Hall–Kier alpha value is -2.86. The van der Waals surface area contributed by atoms with Crippen molar-refractivity contribution in [3.63, 3.8) is 0 Å². The zero-order valence-electron chi connectivity index (χ0n) is 20.0. The molecule has 2 saturated carbocycles. The highest BCUT2D eigenvalue weighted by atomic mass is 32.2. The number of hydrogen-bond acceptors (Lipinski definition) is 8. The average Bonchev–Trinajstić information content (AvgIpc) is 3.75. The molecule has 0 radical (unpaired) electrons. The number of hydrazine groups is 1. The Labute approximate surface area is 214 Å². The lowest BCUT2D eigenvalue weighted by molar-refractivity contribution is -0.168. The standard InChI is InChI=1S/C25H32N6O4S/c1-2-17-13-25(17,23(34)29-31(35)18-10-11-18)28-22(33)20-9-6-12-30(20)21(32)14-26-24-27-19(15-36-24)16-7-4-3-5-8-16/h2-5,7-8,15,17-18,20,24,26-27,35H,1,6,9-14H2,(H,28,33)(H,29,34)/t17-,20+,24?,25-/m1/s1. The maximum atomic E-state index is 13.2. The molecule has 11 heteroatoms. The molecule has 4 atom stereocenters. The molecule has 5 N–H and O–H groups in total. The van der Waals surface area contributed by atoms with Crippen LogP contribution < -0.4 is 21.4 Å². The molecule has 1 aromatic carbocycles. The second kappa shape index (κ2) is 10.3. The Kier molecular flexibility index (Phi) is 7.07. The van der Waals surface area contributed by atoms with Crippen LogP contribution in [0.3, 0.4) is 0 Å². The Bertz CT molecular complexity index is 1060. The van der Waals surface area contributed by atoms with Gasteiger partial charge in [0, 0.05) is 18.2 Å². The smallest absolute Gasteiger partial charge is 0.262 e. The van der Waals surface area contributed by atoms with Crippen molar-refractivity contribution >= 4 is 35.2 Å². The van der Waals surface area contributed by atoms with Gasteiger partial charge < -0.3 is 15.5 Å². The van der Waals surface area contributed by atoms with E-state index in [1.54, 1.807) is 22.7 Å². The molecule has 192 valence electrons. The van der Waals surface area contributed by atoms with Crippen molar-refractivity contribution < 1.29 is 19.6 Å². The lowest BCUT2D eigenvalue weighted by Gasteiger charge is -2.28. The van der Waals surface area contributed by atoms with E-state index in [0.717, 1.165) is 35.7 Å². The summed E-state index contributed by atoms with van der Waals surface area (Å²) in [5, 5.41) is 22.3. The number of benzene rings is 1. The van der Waals surface area contributed by atoms with E-state index in [1.807, 2.05) is 35.7 Å². The van der Waals surface area contributed by atoms with Gasteiger partial charge in [-0.3, -0.25) is 30.3 Å². The van der Waals surface area contributed by atoms with Gasteiger partial charge in [0.1, 0.15) is 17.1 Å². The van der Waals surface area contributed by atoms with Crippen LogP contribution in [-0.4, -0.2) is 69.2 Å². The third-order valence-corrected chi connectivity index (χ3v) is 8.10. The van der Waals surface area contributed by atoms with Gasteiger partial charge in [0.2, 0.25) is 11.8 Å². The summed E-state index contributed by atoms with van der Waals surface area (Å²) in [6, 6.07) is 9.25. The monoisotopic (exact) mass is 512 g/mol. The topological polar surface area (TPSA) is 126 Å². The molecule has 10 nitrogen and oxygen atoms in total. The molecule has 2 aliphatic heterocycles. The summed E-state index contributed by atoms with van der Waals surface area (Å²) in [7, 11) is 0. The molecule has 36 heavy (non-hydrogen) atoms. The Morgan fingerprint density at radius 3 is 2.72 bits per heavy atom. The van der Waals surface area contributed by atoms with Crippen molar-refractivity contribution in [2.24, 2.45) is 5.92 Å². The third kappa shape index (κ3) is 5.15. The highest BCUT2D eigenvalue weighted by Gasteiger charge is 2.61. The van der Waals surface area contributed by atoms with Gasteiger partial charge in [0.15, 0.2) is 0 Å². The van der Waals surface area contributed by atoms with Crippen LogP contribution in [0.2, 0.25) is 0 Å². The molecule has 1 saturated heterocycles. The van der Waals surface area contributed by atoms with Crippen molar-refractivity contribution in [2.45, 2.75) is 55.2 Å². The molecule has 2 heterocycles. The summed E-state index contributed by atoms with van der Waals surface area (Å²) in [5.41, 5.74) is 3.28. The van der Waals surface area contributed by atoms with E-state index < -0.39 is 17.5 Å². The number of amides is 3. The zero-order chi connectivity index (χ0) is 25.3. The maximum absolute atomic E-state index is 13.2. The lowest BCUT2D eigenvalue weighted by atomic mass is 10.1. The fourth-order valence-corrected chi connectivity index (χ4v) is 5.64. The van der Waals surface area contributed by atoms with Crippen LogP contribution in [0.15, 0.2) is 48.4 Å². The van der Waals surface area contributed by atoms with Gasteiger partial charge in [0.05, 0.1) is 12.6 Å². The number of likely N-dealkylation sites (tertiary alicyclic amines) is 1. The fourth-order valence-electron chi connectivity index (χ4n) is 4.78. The van der Waals surface area contributed by atoms with Gasteiger partial charge in [-0.25, -0.2) is 0 Å². The molecule has 3 amide bonds. The van der Waals surface area contributed by atoms with Gasteiger partial charge in [-0.15, -0.1) is 6.58 Å². The summed E-state index contributed by atoms with van der Waals surface area (Å²) >= 11 is 1.56. The zero-order valence-corrected chi connectivity index (χ0v) is 20.8. The molecular formula is C25H32N6O4S. The van der Waals surface area contributed by atoms with Crippen LogP contribution in [0.5, 0.6) is 0 Å². The highest BCUT2D eigenvalue weighted by molar-refractivity contribution is 8.03. The van der Waals surface area contributed by atoms with Gasteiger partial charge in [-0.05, 0) is 43.1 Å². The Morgan fingerprint density at radius 1 is 1.25 bits per heavy atom. The first-order valence-electron chi connectivity index (χ1n) is 12.4. The highest BCUT2D eigenvalue weighted by Crippen LogP contribution is 2.45. The molecule has 2 aliphatic carbocycles. The molecule has 1 aromatic rings. The molecule has 1 unspecified atom stereocenters. The van der Waals surface area contributed by atoms with Crippen molar-refractivity contribution in [3.05, 3.63) is 54.0 Å². The van der Waals surface area contributed by atoms with Crippen molar-refractivity contribution in [1.82, 2.24) is 31.4 Å². The lowest BCUT2D eigenvalue weighted by Crippen LogP contribution is -2.58. The SMILES string of the molecule is C=C[C@@H]1C[C@]1(NC(=O)[C@@H]1CCCN1C(=O)CNC1NC(c2ccccc2)=CS1)C(=O)NN(O)C1CC1. The van der Waals surface area contributed by atoms with Crippen LogP contribution in [0.25, 0.3) is 5.70 Å². The molecule has 0 aromatic heterocycles. The van der Waals surface area contributed by atoms with E-state index in [2.05, 4.69) is 28.0 Å². The summed E-state index contributed by atoms with van der Waals surface area (Å²) < 4.78 is 0. The van der Waals surface area contributed by atoms with Crippen molar-refractivity contribution in [2.75, 3.05) is 13.1 Å². The molecule has 0 spiro atoms. The van der Waals surface area contributed by atoms with Crippen LogP contribution in [-0.2, 0) is 14.4 Å². The minimum Gasteiger partial charge on any atom is -0.360 e. The first kappa shape index (κ1) is 24.8. The van der Waals surface area contributed by atoms with Gasteiger partial charge in [0.25, 0.3) is 5.91 Å². The number of carbonyl (C=O) groups is 3. The van der Waals surface area contributed by atoms with Crippen LogP contribution in [0.1, 0.15) is 37.7 Å². The third-order valence-electron chi connectivity index (χ3n) is 7.17. The van der Waals surface area contributed by atoms with E-state index in [4.69, 9.17) is 0 Å². The number of nitrogens with one attached hydrogen (secondary N) is 4. The van der Waals surface area contributed by atoms with E-state index >= 15 is 0 Å². The second-order valence-corrected chi connectivity index (χ2v) is 10.7. The molecular weight excluding hydrogens is 480 g/mol. The summed E-state index contributed by atoms with van der Waals surface area (Å²) in [6.07, 6.45) is 4.94. The maximum Gasteiger partial charge on any atom is 0.262 e. The Balaban J connectivity index is 1.14. The summed E-state index contributed by atoms with van der Waals surface area (Å²) in [5.74, 6) is -1.19. The molecule has 5 rings (SSSR count). The average molecular weight is 513 g/mol. The van der Waals surface area contributed by atoms with Crippen molar-refractivity contribution in [1.29, 1.82) is 0 Å². The molecule has 0 bridgehead atoms. The van der Waals surface area contributed by atoms with Gasteiger partial charge in [-0.1, -0.05) is 53.3 Å². The normalized spacial score (nSPS) is 28.9. The van der Waals surface area contributed by atoms with E-state index in [-0.39, 0.29) is 35.8 Å². The summed E-state index contributed by atoms with van der Waals surface area (Å²) in [6.45, 7) is 4.35. The number of hydrogen-bond donors (Lipinski definition) is 5. The Morgan fingerprint density at radius 2 is 2.03 bits per heavy atom. The van der Waals surface area contributed by atoms with Crippen molar-refractivity contribution in [3.8, 4) is 0 Å². The van der Waals surface area contributed by atoms with E-state index in [9.17, 15) is 19.6 Å². The summed E-state index contributed by atoms with van der Waals surface area (Å²) in [4.78, 5) is 40.8. The fraction of sp³-hybridized carbons (Fsp3) is 0.480. The quantitative estimate of drug-likeness (QED) is 0.233. The van der Waals surface area contributed by atoms with Gasteiger partial charge in [-0.2, -0.15) is 0 Å². The minimum absolute atomic E-state index is 0.0791. The van der Waals surface area contributed by atoms with Crippen LogP contribution in [0, 0.1) is 5.92 Å². The predicted octanol–water partition coefficient (Wildman–Crippen LogP) is 1.13. The second-order valence-electron chi connectivity index (χ2n) is 9.71. The molecule has 4 aliphatic rings. The number of hydroxylamine groups is 1. The van der Waals surface area contributed by atoms with E-state index in [1.165, 1.54) is 0 Å². The van der Waals surface area contributed by atoms with E-state index in [0.29, 0.717) is 19.4 Å².